The summed E-state index contributed by atoms with van der Waals surface area (Å²) in [5.41, 5.74) is -0.223. The molecule has 3 heteroatoms. The average molecular weight is 299 g/mol. The SMILES string of the molecule is CCCNC1C(CN(CC)CC(C)(C)O)CCCC1(C)C. The van der Waals surface area contributed by atoms with Crippen LogP contribution in [0.1, 0.15) is 67.2 Å². The second kappa shape index (κ2) is 7.94. The summed E-state index contributed by atoms with van der Waals surface area (Å²) >= 11 is 0. The maximum atomic E-state index is 10.1. The van der Waals surface area contributed by atoms with Gasteiger partial charge in [-0.1, -0.05) is 34.1 Å². The molecule has 1 saturated carbocycles. The van der Waals surface area contributed by atoms with E-state index in [-0.39, 0.29) is 0 Å². The van der Waals surface area contributed by atoms with Crippen LogP contribution in [0.4, 0.5) is 0 Å². The van der Waals surface area contributed by atoms with E-state index in [2.05, 4.69) is 37.9 Å². The summed E-state index contributed by atoms with van der Waals surface area (Å²) in [5.74, 6) is 0.697. The summed E-state index contributed by atoms with van der Waals surface area (Å²) in [6.07, 6.45) is 5.16. The first-order chi connectivity index (χ1) is 9.69. The topological polar surface area (TPSA) is 35.5 Å². The molecule has 1 aliphatic rings. The highest BCUT2D eigenvalue weighted by molar-refractivity contribution is 4.94. The van der Waals surface area contributed by atoms with Crippen molar-refractivity contribution in [2.75, 3.05) is 26.2 Å². The zero-order valence-corrected chi connectivity index (χ0v) is 15.2. The van der Waals surface area contributed by atoms with Gasteiger partial charge in [-0.2, -0.15) is 0 Å². The Morgan fingerprint density at radius 1 is 1.29 bits per heavy atom. The van der Waals surface area contributed by atoms with E-state index in [1.54, 1.807) is 0 Å². The summed E-state index contributed by atoms with van der Waals surface area (Å²) in [5, 5.41) is 13.9. The van der Waals surface area contributed by atoms with E-state index in [1.807, 2.05) is 13.8 Å². The van der Waals surface area contributed by atoms with E-state index in [0.717, 1.165) is 26.2 Å². The van der Waals surface area contributed by atoms with Crippen LogP contribution in [0.5, 0.6) is 0 Å². The Balaban J connectivity index is 2.71. The smallest absolute Gasteiger partial charge is 0.0718 e. The molecule has 0 aromatic heterocycles. The van der Waals surface area contributed by atoms with Crippen molar-refractivity contribution in [1.29, 1.82) is 0 Å². The van der Waals surface area contributed by atoms with Gasteiger partial charge in [-0.3, -0.25) is 0 Å². The molecule has 0 aromatic rings. The summed E-state index contributed by atoms with van der Waals surface area (Å²) in [6, 6.07) is 0.599. The van der Waals surface area contributed by atoms with Gasteiger partial charge >= 0.3 is 0 Å². The predicted molar refractivity (Wildman–Crippen MR) is 91.6 cm³/mol. The molecule has 21 heavy (non-hydrogen) atoms. The van der Waals surface area contributed by atoms with Gasteiger partial charge in [-0.25, -0.2) is 0 Å². The minimum absolute atomic E-state index is 0.381. The maximum Gasteiger partial charge on any atom is 0.0718 e. The van der Waals surface area contributed by atoms with Crippen LogP contribution >= 0.6 is 0 Å². The number of aliphatic hydroxyl groups is 1. The van der Waals surface area contributed by atoms with Crippen molar-refractivity contribution in [2.45, 2.75) is 78.9 Å². The molecule has 0 amide bonds. The van der Waals surface area contributed by atoms with E-state index in [1.165, 1.54) is 25.7 Å². The summed E-state index contributed by atoms with van der Waals surface area (Å²) in [7, 11) is 0. The van der Waals surface area contributed by atoms with Crippen molar-refractivity contribution in [2.24, 2.45) is 11.3 Å². The number of rotatable bonds is 8. The minimum atomic E-state index is -0.605. The zero-order chi connectivity index (χ0) is 16.1. The van der Waals surface area contributed by atoms with Gasteiger partial charge in [0.1, 0.15) is 0 Å². The molecule has 2 atom stereocenters. The first-order valence-corrected chi connectivity index (χ1v) is 8.87. The lowest BCUT2D eigenvalue weighted by Crippen LogP contribution is -2.54. The van der Waals surface area contributed by atoms with Crippen LogP contribution in [0.3, 0.4) is 0 Å². The van der Waals surface area contributed by atoms with E-state index < -0.39 is 5.60 Å². The molecule has 3 nitrogen and oxygen atoms in total. The van der Waals surface area contributed by atoms with Crippen LogP contribution in [0.2, 0.25) is 0 Å². The highest BCUT2D eigenvalue weighted by atomic mass is 16.3. The standard InChI is InChI=1S/C18H38N2O/c1-7-12-19-16-15(10-9-11-17(16,3)4)13-20(8-2)14-18(5,6)21/h15-16,19,21H,7-14H2,1-6H3. The quantitative estimate of drug-likeness (QED) is 0.722. The van der Waals surface area contributed by atoms with Crippen molar-refractivity contribution >= 4 is 0 Å². The molecule has 0 saturated heterocycles. The van der Waals surface area contributed by atoms with Crippen LogP contribution in [0.15, 0.2) is 0 Å². The summed E-state index contributed by atoms with van der Waals surface area (Å²) in [6.45, 7) is 17.1. The maximum absolute atomic E-state index is 10.1. The fraction of sp³-hybridized carbons (Fsp3) is 1.00. The second-order valence-electron chi connectivity index (χ2n) is 8.21. The normalized spacial score (nSPS) is 26.3. The van der Waals surface area contributed by atoms with Crippen molar-refractivity contribution < 1.29 is 5.11 Å². The third kappa shape index (κ3) is 6.25. The van der Waals surface area contributed by atoms with Crippen LogP contribution in [-0.4, -0.2) is 47.8 Å². The Labute approximate surface area is 132 Å². The van der Waals surface area contributed by atoms with E-state index in [0.29, 0.717) is 17.4 Å². The van der Waals surface area contributed by atoms with Gasteiger partial charge in [0.05, 0.1) is 5.60 Å². The number of hydrogen-bond acceptors (Lipinski definition) is 3. The van der Waals surface area contributed by atoms with Crippen molar-refractivity contribution in [3.63, 3.8) is 0 Å². The molecule has 0 aliphatic heterocycles. The van der Waals surface area contributed by atoms with Gasteiger partial charge in [0.2, 0.25) is 0 Å². The third-order valence-electron chi connectivity index (χ3n) is 4.87. The lowest BCUT2D eigenvalue weighted by atomic mass is 9.67. The van der Waals surface area contributed by atoms with Gasteiger partial charge in [0.15, 0.2) is 0 Å². The number of nitrogens with zero attached hydrogens (tertiary/aromatic N) is 1. The highest BCUT2D eigenvalue weighted by Gasteiger charge is 2.39. The Hall–Kier alpha value is -0.120. The molecule has 0 aromatic carbocycles. The first kappa shape index (κ1) is 18.9. The van der Waals surface area contributed by atoms with Crippen molar-refractivity contribution in [3.8, 4) is 0 Å². The van der Waals surface area contributed by atoms with Gasteiger partial charge in [-0.15, -0.1) is 0 Å². The van der Waals surface area contributed by atoms with Gasteiger partial charge in [0.25, 0.3) is 0 Å². The minimum Gasteiger partial charge on any atom is -0.389 e. The van der Waals surface area contributed by atoms with Crippen LogP contribution in [-0.2, 0) is 0 Å². The molecular weight excluding hydrogens is 260 g/mol. The average Bonchev–Trinajstić information content (AvgIpc) is 2.35. The number of likely N-dealkylation sites (N-methyl/N-ethyl adjacent to an activating group) is 1. The summed E-state index contributed by atoms with van der Waals surface area (Å²) in [4.78, 5) is 2.42. The molecule has 1 aliphatic carbocycles. The molecule has 0 spiro atoms. The number of nitrogens with one attached hydrogen (secondary N) is 1. The van der Waals surface area contributed by atoms with Crippen molar-refractivity contribution in [3.05, 3.63) is 0 Å². The number of hydrogen-bond donors (Lipinski definition) is 2. The molecule has 0 bridgehead atoms. The lowest BCUT2D eigenvalue weighted by molar-refractivity contribution is 0.0179. The van der Waals surface area contributed by atoms with Gasteiger partial charge < -0.3 is 15.3 Å². The molecule has 2 unspecified atom stereocenters. The van der Waals surface area contributed by atoms with Crippen molar-refractivity contribution in [1.82, 2.24) is 10.2 Å². The fourth-order valence-corrected chi connectivity index (χ4v) is 3.90. The lowest BCUT2D eigenvalue weighted by Gasteiger charge is -2.46. The third-order valence-corrected chi connectivity index (χ3v) is 4.87. The molecule has 1 fully saturated rings. The van der Waals surface area contributed by atoms with Crippen LogP contribution in [0.25, 0.3) is 0 Å². The summed E-state index contributed by atoms with van der Waals surface area (Å²) < 4.78 is 0. The van der Waals surface area contributed by atoms with E-state index >= 15 is 0 Å². The Morgan fingerprint density at radius 2 is 1.95 bits per heavy atom. The Bertz CT molecular complexity index is 296. The van der Waals surface area contributed by atoms with Crippen LogP contribution < -0.4 is 5.32 Å². The van der Waals surface area contributed by atoms with Gasteiger partial charge in [0, 0.05) is 19.1 Å². The molecule has 0 radical (unpaired) electrons. The molecule has 126 valence electrons. The molecular formula is C18H38N2O. The zero-order valence-electron chi connectivity index (χ0n) is 15.2. The van der Waals surface area contributed by atoms with Gasteiger partial charge in [-0.05, 0) is 57.5 Å². The predicted octanol–water partition coefficient (Wildman–Crippen LogP) is 3.27. The molecule has 0 heterocycles. The fourth-order valence-electron chi connectivity index (χ4n) is 3.90. The van der Waals surface area contributed by atoms with E-state index in [9.17, 15) is 5.11 Å². The van der Waals surface area contributed by atoms with Crippen LogP contribution in [0, 0.1) is 11.3 Å². The molecule has 2 N–H and O–H groups in total. The highest BCUT2D eigenvalue weighted by Crippen LogP contribution is 2.39. The molecule has 1 rings (SSSR count). The monoisotopic (exact) mass is 298 g/mol. The second-order valence-corrected chi connectivity index (χ2v) is 8.21. The Kier molecular flexibility index (Phi) is 7.15. The largest absolute Gasteiger partial charge is 0.389 e. The Morgan fingerprint density at radius 3 is 2.48 bits per heavy atom. The first-order valence-electron chi connectivity index (χ1n) is 8.87. The van der Waals surface area contributed by atoms with E-state index in [4.69, 9.17) is 0 Å².